The quantitative estimate of drug-likeness (QED) is 0.418. The van der Waals surface area contributed by atoms with Gasteiger partial charge in [-0.2, -0.15) is 0 Å². The van der Waals surface area contributed by atoms with Crippen molar-refractivity contribution in [3.8, 4) is 0 Å². The Morgan fingerprint density at radius 3 is 2.52 bits per heavy atom. The fourth-order valence-corrected chi connectivity index (χ4v) is 4.75. The van der Waals surface area contributed by atoms with Crippen molar-refractivity contribution < 1.29 is 28.7 Å². The molecule has 2 amide bonds. The van der Waals surface area contributed by atoms with Crippen molar-refractivity contribution in [2.24, 2.45) is 0 Å². The van der Waals surface area contributed by atoms with Crippen LogP contribution in [0.25, 0.3) is 0 Å². The molecule has 3 rings (SSSR count). The van der Waals surface area contributed by atoms with Gasteiger partial charge in [0.25, 0.3) is 0 Å². The molecule has 0 saturated carbocycles. The lowest BCUT2D eigenvalue weighted by Crippen LogP contribution is -2.75. The average Bonchev–Trinajstić information content (AvgIpc) is 2.69. The molecule has 2 unspecified atom stereocenters. The van der Waals surface area contributed by atoms with E-state index < -0.39 is 35.0 Å². The first kappa shape index (κ1) is 22.9. The SMILES string of the molecule is CC(=O)OC=C1CS[C@H]2C(NC(=O)Cc3ccccc3)C(=O)N2C1C(=O)OC(C)(C)C. The summed E-state index contributed by atoms with van der Waals surface area (Å²) in [5.41, 5.74) is 0.562. The highest BCUT2D eigenvalue weighted by atomic mass is 32.2. The molecule has 1 N–H and O–H groups in total. The third kappa shape index (κ3) is 5.46. The van der Waals surface area contributed by atoms with Crippen LogP contribution in [0.5, 0.6) is 0 Å². The predicted octanol–water partition coefficient (Wildman–Crippen LogP) is 1.79. The number of nitrogens with one attached hydrogen (secondary N) is 1. The van der Waals surface area contributed by atoms with Gasteiger partial charge in [0, 0.05) is 18.2 Å². The van der Waals surface area contributed by atoms with Crippen LogP contribution in [0.4, 0.5) is 0 Å². The smallest absolute Gasteiger partial charge is 0.333 e. The third-order valence-electron chi connectivity index (χ3n) is 4.66. The highest BCUT2D eigenvalue weighted by Crippen LogP contribution is 2.41. The molecule has 2 saturated heterocycles. The van der Waals surface area contributed by atoms with Crippen LogP contribution in [0.15, 0.2) is 42.2 Å². The molecule has 1 aromatic carbocycles. The minimum atomic E-state index is -1.00. The van der Waals surface area contributed by atoms with Gasteiger partial charge in [-0.1, -0.05) is 30.3 Å². The van der Waals surface area contributed by atoms with Crippen LogP contribution in [0.1, 0.15) is 33.3 Å². The number of β-lactam (4-membered cyclic amide) rings is 1. The Morgan fingerprint density at radius 1 is 1.23 bits per heavy atom. The highest BCUT2D eigenvalue weighted by Gasteiger charge is 2.57. The molecule has 1 aromatic rings. The molecule has 8 nitrogen and oxygen atoms in total. The van der Waals surface area contributed by atoms with E-state index in [0.717, 1.165) is 5.56 Å². The second-order valence-corrected chi connectivity index (χ2v) is 9.50. The van der Waals surface area contributed by atoms with Crippen LogP contribution in [0, 0.1) is 0 Å². The van der Waals surface area contributed by atoms with Gasteiger partial charge in [0.05, 0.1) is 12.7 Å². The van der Waals surface area contributed by atoms with E-state index in [-0.39, 0.29) is 18.2 Å². The summed E-state index contributed by atoms with van der Waals surface area (Å²) in [7, 11) is 0. The van der Waals surface area contributed by atoms with Crippen LogP contribution in [0.3, 0.4) is 0 Å². The number of hydrogen-bond acceptors (Lipinski definition) is 7. The summed E-state index contributed by atoms with van der Waals surface area (Å²) in [5.74, 6) is -1.40. The molecule has 0 aliphatic carbocycles. The Morgan fingerprint density at radius 2 is 1.90 bits per heavy atom. The van der Waals surface area contributed by atoms with Crippen molar-refractivity contribution in [2.75, 3.05) is 5.75 Å². The first-order chi connectivity index (χ1) is 14.6. The van der Waals surface area contributed by atoms with E-state index in [9.17, 15) is 19.2 Å². The van der Waals surface area contributed by atoms with Gasteiger partial charge < -0.3 is 19.7 Å². The largest absolute Gasteiger partial charge is 0.458 e. The van der Waals surface area contributed by atoms with Crippen LogP contribution >= 0.6 is 11.8 Å². The Labute approximate surface area is 185 Å². The molecule has 31 heavy (non-hydrogen) atoms. The molecule has 0 bridgehead atoms. The first-order valence-corrected chi connectivity index (χ1v) is 11.0. The number of amides is 2. The molecule has 0 radical (unpaired) electrons. The molecule has 3 atom stereocenters. The molecular formula is C22H26N2O6S. The van der Waals surface area contributed by atoms with Crippen LogP contribution in [0.2, 0.25) is 0 Å². The average molecular weight is 447 g/mol. The normalized spacial score (nSPS) is 24.1. The second-order valence-electron chi connectivity index (χ2n) is 8.39. The summed E-state index contributed by atoms with van der Waals surface area (Å²) in [4.78, 5) is 50.8. The number of thioether (sulfide) groups is 1. The molecule has 2 aliphatic heterocycles. The minimum absolute atomic E-state index is 0.162. The Bertz CT molecular complexity index is 908. The van der Waals surface area contributed by atoms with E-state index in [1.165, 1.54) is 29.8 Å². The Kier molecular flexibility index (Phi) is 6.74. The van der Waals surface area contributed by atoms with Crippen molar-refractivity contribution in [3.63, 3.8) is 0 Å². The monoisotopic (exact) mass is 446 g/mol. The minimum Gasteiger partial charge on any atom is -0.458 e. The second kappa shape index (κ2) is 9.13. The lowest BCUT2D eigenvalue weighted by molar-refractivity contribution is -0.170. The summed E-state index contributed by atoms with van der Waals surface area (Å²) in [5, 5.41) is 2.38. The molecule has 2 heterocycles. The van der Waals surface area contributed by atoms with Crippen LogP contribution in [-0.2, 0) is 35.1 Å². The number of hydrogen-bond donors (Lipinski definition) is 1. The van der Waals surface area contributed by atoms with Crippen LogP contribution < -0.4 is 5.32 Å². The Balaban J connectivity index is 1.74. The van der Waals surface area contributed by atoms with Crippen molar-refractivity contribution in [2.45, 2.75) is 57.2 Å². The van der Waals surface area contributed by atoms with Crippen molar-refractivity contribution in [1.29, 1.82) is 0 Å². The molecule has 2 aliphatic rings. The summed E-state index contributed by atoms with van der Waals surface area (Å²) >= 11 is 1.40. The van der Waals surface area contributed by atoms with E-state index in [2.05, 4.69) is 5.32 Å². The Hall–Kier alpha value is -2.81. The van der Waals surface area contributed by atoms with Gasteiger partial charge in [0.15, 0.2) is 6.04 Å². The molecule has 0 aromatic heterocycles. The zero-order chi connectivity index (χ0) is 22.8. The number of ether oxygens (including phenoxy) is 2. The van der Waals surface area contributed by atoms with Crippen molar-refractivity contribution in [3.05, 3.63) is 47.7 Å². The zero-order valence-corrected chi connectivity index (χ0v) is 18.7. The van der Waals surface area contributed by atoms with E-state index >= 15 is 0 Å². The maximum Gasteiger partial charge on any atom is 0.333 e. The first-order valence-electron chi connectivity index (χ1n) is 9.93. The van der Waals surface area contributed by atoms with Gasteiger partial charge in [-0.3, -0.25) is 14.4 Å². The predicted molar refractivity (Wildman–Crippen MR) is 115 cm³/mol. The summed E-state index contributed by atoms with van der Waals surface area (Å²) in [6.45, 7) is 6.46. The number of carbonyl (C=O) groups is 4. The maximum atomic E-state index is 12.9. The van der Waals surface area contributed by atoms with Crippen molar-refractivity contribution >= 4 is 35.5 Å². The molecule has 166 valence electrons. The number of carbonyl (C=O) groups excluding carboxylic acids is 4. The lowest BCUT2D eigenvalue weighted by atomic mass is 9.97. The molecule has 2 fully saturated rings. The number of fused-ring (bicyclic) bond motifs is 1. The highest BCUT2D eigenvalue weighted by molar-refractivity contribution is 8.00. The van der Waals surface area contributed by atoms with E-state index in [0.29, 0.717) is 11.3 Å². The number of esters is 2. The van der Waals surface area contributed by atoms with Crippen LogP contribution in [-0.4, -0.2) is 57.5 Å². The number of rotatable bonds is 5. The zero-order valence-electron chi connectivity index (χ0n) is 17.9. The molecular weight excluding hydrogens is 420 g/mol. The van der Waals surface area contributed by atoms with Gasteiger partial charge >= 0.3 is 11.9 Å². The lowest BCUT2D eigenvalue weighted by Gasteiger charge is -2.53. The van der Waals surface area contributed by atoms with E-state index in [1.807, 2.05) is 30.3 Å². The van der Waals surface area contributed by atoms with E-state index in [4.69, 9.17) is 9.47 Å². The third-order valence-corrected chi connectivity index (χ3v) is 6.00. The maximum absolute atomic E-state index is 12.9. The van der Waals surface area contributed by atoms with Crippen molar-refractivity contribution in [1.82, 2.24) is 10.2 Å². The summed E-state index contributed by atoms with van der Waals surface area (Å²) in [6.07, 6.45) is 1.38. The fraction of sp³-hybridized carbons (Fsp3) is 0.455. The van der Waals surface area contributed by atoms with E-state index in [1.54, 1.807) is 20.8 Å². The fourth-order valence-electron chi connectivity index (χ4n) is 3.39. The topological polar surface area (TPSA) is 102 Å². The van der Waals surface area contributed by atoms with Gasteiger partial charge in [-0.15, -0.1) is 11.8 Å². The summed E-state index contributed by atoms with van der Waals surface area (Å²) in [6, 6.07) is 7.52. The van der Waals surface area contributed by atoms with Gasteiger partial charge in [-0.05, 0) is 26.3 Å². The molecule has 9 heteroatoms. The van der Waals surface area contributed by atoms with Gasteiger partial charge in [-0.25, -0.2) is 4.79 Å². The standard InChI is InChI=1S/C22H26N2O6S/c1-13(25)29-11-15-12-31-20-17(23-16(26)10-14-8-6-5-7-9-14)19(27)24(20)18(15)21(28)30-22(2,3)4/h5-9,11,17-18,20H,10,12H2,1-4H3,(H,23,26)/t17?,18?,20-/m0/s1. The number of benzene rings is 1. The molecule has 0 spiro atoms. The summed E-state index contributed by atoms with van der Waals surface area (Å²) < 4.78 is 10.5. The van der Waals surface area contributed by atoms with Gasteiger partial charge in [0.2, 0.25) is 11.8 Å². The van der Waals surface area contributed by atoms with Gasteiger partial charge in [0.1, 0.15) is 17.0 Å². The number of nitrogens with zero attached hydrogens (tertiary/aromatic N) is 1.